The third-order valence-electron chi connectivity index (χ3n) is 2.49. The molecule has 0 amide bonds. The summed E-state index contributed by atoms with van der Waals surface area (Å²) in [5.41, 5.74) is -0.0142. The number of unbranched alkanes of at least 4 members (excludes halogenated alkanes) is 3. The van der Waals surface area contributed by atoms with Crippen LogP contribution in [0.25, 0.3) is 0 Å². The van der Waals surface area contributed by atoms with E-state index >= 15 is 0 Å². The maximum Gasteiger partial charge on any atom is 0.349 e. The van der Waals surface area contributed by atoms with Gasteiger partial charge in [-0.15, -0.1) is 11.8 Å². The molecule has 0 atom stereocenters. The molecule has 1 rings (SSSR count). The summed E-state index contributed by atoms with van der Waals surface area (Å²) in [6, 6.07) is 0. The van der Waals surface area contributed by atoms with Crippen LogP contribution in [-0.4, -0.2) is 29.2 Å². The van der Waals surface area contributed by atoms with Crippen LogP contribution in [0.2, 0.25) is 0 Å². The molecule has 0 aromatic carbocycles. The molecule has 0 unspecified atom stereocenters. The minimum Gasteiger partial charge on any atom is -0.419 e. The van der Waals surface area contributed by atoms with E-state index in [0.29, 0.717) is 0 Å². The van der Waals surface area contributed by atoms with E-state index in [1.54, 1.807) is 5.41 Å². The van der Waals surface area contributed by atoms with Gasteiger partial charge in [-0.25, -0.2) is 9.59 Å². The summed E-state index contributed by atoms with van der Waals surface area (Å²) in [6.45, 7) is 3.07. The van der Waals surface area contributed by atoms with Gasteiger partial charge in [-0.05, 0) is 29.8 Å². The van der Waals surface area contributed by atoms with Gasteiger partial charge in [0.25, 0.3) is 5.79 Å². The minimum atomic E-state index is -1.16. The maximum absolute atomic E-state index is 11.6. The van der Waals surface area contributed by atoms with Crippen LogP contribution < -0.4 is 0 Å². The normalized spacial score (nSPS) is 17.9. The van der Waals surface area contributed by atoms with Crippen LogP contribution in [0.1, 0.15) is 39.5 Å². The molecule has 1 fully saturated rings. The fourth-order valence-corrected chi connectivity index (χ4v) is 2.62. The molecule has 1 heterocycles. The lowest BCUT2D eigenvalue weighted by Gasteiger charge is -2.29. The Morgan fingerprint density at radius 1 is 1.11 bits per heavy atom. The number of thiol groups is 1. The molecule has 0 radical (unpaired) electrons. The predicted molar refractivity (Wildman–Crippen MR) is 79.1 cm³/mol. The molecule has 1 aliphatic rings. The van der Waals surface area contributed by atoms with Crippen molar-refractivity contribution in [1.29, 1.82) is 0 Å². The van der Waals surface area contributed by atoms with Crippen molar-refractivity contribution >= 4 is 36.3 Å². The molecule has 108 valence electrons. The first-order valence-corrected chi connectivity index (χ1v) is 8.04. The van der Waals surface area contributed by atoms with E-state index in [4.69, 9.17) is 9.47 Å². The zero-order chi connectivity index (χ0) is 14.3. The lowest BCUT2D eigenvalue weighted by molar-refractivity contribution is -0.222. The number of thioether (sulfide) groups is 1. The highest BCUT2D eigenvalue weighted by Crippen LogP contribution is 2.24. The van der Waals surface area contributed by atoms with Crippen LogP contribution in [0.15, 0.2) is 11.0 Å². The standard InChI is InChI=1S/C13H20O4S2/c1-13(2)16-11(14)10(12(15)17-13)9-19-8-6-4-3-5-7-18/h9,18H,3-8H2,1-2H3. The predicted octanol–water partition coefficient (Wildman–Crippen LogP) is 2.93. The van der Waals surface area contributed by atoms with Crippen molar-refractivity contribution in [3.8, 4) is 0 Å². The molecular weight excluding hydrogens is 284 g/mol. The summed E-state index contributed by atoms with van der Waals surface area (Å²) in [6.07, 6.45) is 4.48. The summed E-state index contributed by atoms with van der Waals surface area (Å²) in [7, 11) is 0. The summed E-state index contributed by atoms with van der Waals surface area (Å²) >= 11 is 5.59. The number of carbonyl (C=O) groups is 2. The summed E-state index contributed by atoms with van der Waals surface area (Å²) in [4.78, 5) is 23.2. The van der Waals surface area contributed by atoms with Gasteiger partial charge in [-0.2, -0.15) is 12.6 Å². The van der Waals surface area contributed by atoms with Crippen molar-refractivity contribution in [2.45, 2.75) is 45.3 Å². The number of esters is 2. The largest absolute Gasteiger partial charge is 0.419 e. The average Bonchev–Trinajstić information content (AvgIpc) is 2.29. The molecule has 0 aromatic rings. The first kappa shape index (κ1) is 16.4. The van der Waals surface area contributed by atoms with Crippen LogP contribution in [-0.2, 0) is 19.1 Å². The first-order valence-electron chi connectivity index (χ1n) is 6.35. The quantitative estimate of drug-likeness (QED) is 0.258. The van der Waals surface area contributed by atoms with Gasteiger partial charge in [0.2, 0.25) is 0 Å². The lowest BCUT2D eigenvalue weighted by Crippen LogP contribution is -2.41. The Balaban J connectivity index is 2.32. The second-order valence-electron chi connectivity index (χ2n) is 4.72. The SMILES string of the molecule is CC1(C)OC(=O)C(=CSCCCCCCS)C(=O)O1. The monoisotopic (exact) mass is 304 g/mol. The van der Waals surface area contributed by atoms with Gasteiger partial charge in [-0.3, -0.25) is 0 Å². The van der Waals surface area contributed by atoms with Crippen LogP contribution >= 0.6 is 24.4 Å². The number of ether oxygens (including phenoxy) is 2. The summed E-state index contributed by atoms with van der Waals surface area (Å²) in [5.74, 6) is -0.582. The van der Waals surface area contributed by atoms with Gasteiger partial charge in [0, 0.05) is 13.8 Å². The van der Waals surface area contributed by atoms with Crippen LogP contribution in [0, 0.1) is 0 Å². The van der Waals surface area contributed by atoms with Crippen molar-refractivity contribution in [2.75, 3.05) is 11.5 Å². The van der Waals surface area contributed by atoms with E-state index in [-0.39, 0.29) is 5.57 Å². The number of cyclic esters (lactones) is 2. The summed E-state index contributed by atoms with van der Waals surface area (Å²) < 4.78 is 9.99. The van der Waals surface area contributed by atoms with E-state index in [1.165, 1.54) is 32.0 Å². The average molecular weight is 304 g/mol. The molecule has 0 bridgehead atoms. The third kappa shape index (κ3) is 5.91. The van der Waals surface area contributed by atoms with Gasteiger partial charge in [0.1, 0.15) is 0 Å². The number of hydrogen-bond acceptors (Lipinski definition) is 6. The van der Waals surface area contributed by atoms with Crippen molar-refractivity contribution in [2.24, 2.45) is 0 Å². The highest BCUT2D eigenvalue weighted by atomic mass is 32.2. The van der Waals surface area contributed by atoms with E-state index in [2.05, 4.69) is 12.6 Å². The van der Waals surface area contributed by atoms with Crippen LogP contribution in [0.3, 0.4) is 0 Å². The first-order chi connectivity index (χ1) is 8.96. The van der Waals surface area contributed by atoms with E-state index in [9.17, 15) is 9.59 Å². The van der Waals surface area contributed by atoms with Crippen molar-refractivity contribution in [3.63, 3.8) is 0 Å². The molecule has 0 N–H and O–H groups in total. The maximum atomic E-state index is 11.6. The highest BCUT2D eigenvalue weighted by Gasteiger charge is 2.38. The van der Waals surface area contributed by atoms with Crippen molar-refractivity contribution in [3.05, 3.63) is 11.0 Å². The van der Waals surface area contributed by atoms with E-state index in [1.807, 2.05) is 0 Å². The van der Waals surface area contributed by atoms with Gasteiger partial charge in [0.15, 0.2) is 5.57 Å². The number of rotatable bonds is 7. The molecule has 0 saturated carbocycles. The number of carbonyl (C=O) groups excluding carboxylic acids is 2. The van der Waals surface area contributed by atoms with Crippen LogP contribution in [0.5, 0.6) is 0 Å². The second kappa shape index (κ2) is 7.85. The Bertz CT molecular complexity index is 342. The molecule has 19 heavy (non-hydrogen) atoms. The zero-order valence-electron chi connectivity index (χ0n) is 11.3. The van der Waals surface area contributed by atoms with Gasteiger partial charge in [-0.1, -0.05) is 12.8 Å². The third-order valence-corrected chi connectivity index (χ3v) is 3.73. The van der Waals surface area contributed by atoms with Crippen molar-refractivity contribution in [1.82, 2.24) is 0 Å². The topological polar surface area (TPSA) is 52.6 Å². The van der Waals surface area contributed by atoms with E-state index in [0.717, 1.165) is 30.8 Å². The molecule has 6 heteroatoms. The summed E-state index contributed by atoms with van der Waals surface area (Å²) in [5, 5.41) is 1.54. The second-order valence-corrected chi connectivity index (χ2v) is 6.14. The fourth-order valence-electron chi connectivity index (χ4n) is 1.55. The Labute approximate surface area is 123 Å². The fraction of sp³-hybridized carbons (Fsp3) is 0.692. The Morgan fingerprint density at radius 2 is 1.68 bits per heavy atom. The molecule has 1 aliphatic heterocycles. The molecule has 0 aliphatic carbocycles. The molecule has 0 spiro atoms. The molecule has 4 nitrogen and oxygen atoms in total. The number of hydrogen-bond donors (Lipinski definition) is 1. The van der Waals surface area contributed by atoms with Gasteiger partial charge in [0.05, 0.1) is 0 Å². The van der Waals surface area contributed by atoms with E-state index < -0.39 is 17.7 Å². The Kier molecular flexibility index (Phi) is 6.79. The highest BCUT2D eigenvalue weighted by molar-refractivity contribution is 8.02. The Hall–Kier alpha value is -0.620. The molecular formula is C13H20O4S2. The smallest absolute Gasteiger partial charge is 0.349 e. The van der Waals surface area contributed by atoms with Crippen LogP contribution in [0.4, 0.5) is 0 Å². The Morgan fingerprint density at radius 3 is 2.26 bits per heavy atom. The molecule has 1 saturated heterocycles. The zero-order valence-corrected chi connectivity index (χ0v) is 13.0. The van der Waals surface area contributed by atoms with Crippen molar-refractivity contribution < 1.29 is 19.1 Å². The van der Waals surface area contributed by atoms with Gasteiger partial charge < -0.3 is 9.47 Å². The van der Waals surface area contributed by atoms with Gasteiger partial charge >= 0.3 is 11.9 Å². The lowest BCUT2D eigenvalue weighted by atomic mass is 10.2. The minimum absolute atomic E-state index is 0.0142. The molecule has 0 aromatic heterocycles.